The molecule has 0 aliphatic carbocycles. The average molecular weight is 443 g/mol. The molecule has 1 N–H and O–H groups in total. The van der Waals surface area contributed by atoms with Crippen LogP contribution in [0.4, 0.5) is 11.4 Å². The largest absolute Gasteiger partial charge is 0.278 e. The first-order chi connectivity index (χ1) is 12.9. The van der Waals surface area contributed by atoms with E-state index in [1.54, 1.807) is 19.1 Å². The lowest BCUT2D eigenvalue weighted by atomic mass is 10.1. The molecule has 1 aliphatic rings. The molecule has 28 heavy (non-hydrogen) atoms. The number of sulfonamides is 2. The number of carbonyl (C=O) groups excluding carboxylic acids is 1. The molecule has 150 valence electrons. The second-order valence-corrected chi connectivity index (χ2v) is 10.8. The number of aryl methyl sites for hydroxylation is 2. The number of hydrogen-bond donors (Lipinski definition) is 1. The Labute approximate surface area is 169 Å². The molecule has 7 nitrogen and oxygen atoms in total. The molecule has 0 saturated carbocycles. The number of hydrogen-bond acceptors (Lipinski definition) is 5. The van der Waals surface area contributed by atoms with Gasteiger partial charge in [-0.25, -0.2) is 21.1 Å². The van der Waals surface area contributed by atoms with E-state index >= 15 is 0 Å². The number of halogens is 1. The minimum Gasteiger partial charge on any atom is -0.278 e. The van der Waals surface area contributed by atoms with Crippen molar-refractivity contribution in [3.8, 4) is 0 Å². The highest BCUT2D eigenvalue weighted by Crippen LogP contribution is 2.31. The summed E-state index contributed by atoms with van der Waals surface area (Å²) in [7, 11) is -7.70. The lowest BCUT2D eigenvalue weighted by Gasteiger charge is -2.16. The number of rotatable bonds is 4. The van der Waals surface area contributed by atoms with Gasteiger partial charge in [0, 0.05) is 0 Å². The first kappa shape index (κ1) is 20.6. The third-order valence-corrected chi connectivity index (χ3v) is 7.94. The van der Waals surface area contributed by atoms with Gasteiger partial charge >= 0.3 is 0 Å². The van der Waals surface area contributed by atoms with Crippen molar-refractivity contribution in [2.24, 2.45) is 5.92 Å². The number of amides is 1. The third-order valence-electron chi connectivity index (χ3n) is 4.41. The van der Waals surface area contributed by atoms with Gasteiger partial charge < -0.3 is 0 Å². The van der Waals surface area contributed by atoms with Gasteiger partial charge in [-0.15, -0.1) is 0 Å². The lowest BCUT2D eigenvalue weighted by molar-refractivity contribution is -0.119. The summed E-state index contributed by atoms with van der Waals surface area (Å²) in [5.41, 5.74) is 1.97. The van der Waals surface area contributed by atoms with E-state index in [0.717, 1.165) is 9.87 Å². The minimum absolute atomic E-state index is 0.0793. The van der Waals surface area contributed by atoms with Crippen molar-refractivity contribution >= 4 is 48.9 Å². The van der Waals surface area contributed by atoms with Crippen LogP contribution in [0.1, 0.15) is 18.1 Å². The van der Waals surface area contributed by atoms with Crippen LogP contribution in [0.25, 0.3) is 0 Å². The maximum absolute atomic E-state index is 12.7. The van der Waals surface area contributed by atoms with Gasteiger partial charge in [0.25, 0.3) is 10.0 Å². The van der Waals surface area contributed by atoms with Crippen LogP contribution in [-0.2, 0) is 24.8 Å². The van der Waals surface area contributed by atoms with E-state index < -0.39 is 31.9 Å². The fourth-order valence-electron chi connectivity index (χ4n) is 3.09. The predicted molar refractivity (Wildman–Crippen MR) is 109 cm³/mol. The SMILES string of the molecule is Cc1cc(C)c(NS(=O)(=O)c2ccc(N3C(=O)C(C)CS3(=O)=O)cc2)c(Cl)c1. The van der Waals surface area contributed by atoms with Crippen molar-refractivity contribution in [3.05, 3.63) is 52.5 Å². The van der Waals surface area contributed by atoms with Crippen molar-refractivity contribution in [2.45, 2.75) is 25.7 Å². The fourth-order valence-corrected chi connectivity index (χ4v) is 6.48. The number of nitrogens with one attached hydrogen (secondary N) is 1. The summed E-state index contributed by atoms with van der Waals surface area (Å²) < 4.78 is 52.9. The summed E-state index contributed by atoms with van der Waals surface area (Å²) in [4.78, 5) is 12.1. The maximum Gasteiger partial charge on any atom is 0.261 e. The van der Waals surface area contributed by atoms with Crippen LogP contribution >= 0.6 is 11.6 Å². The topological polar surface area (TPSA) is 101 Å². The highest BCUT2D eigenvalue weighted by Gasteiger charge is 2.42. The highest BCUT2D eigenvalue weighted by molar-refractivity contribution is 7.94. The molecule has 1 amide bonds. The standard InChI is InChI=1S/C18H19ClN2O5S2/c1-11-8-12(2)17(16(19)9-11)20-28(25,26)15-6-4-14(5-7-15)21-18(22)13(3)10-27(21,23)24/h4-9,13,20H,10H2,1-3H3. The molecule has 1 fully saturated rings. The van der Waals surface area contributed by atoms with Crippen LogP contribution < -0.4 is 9.03 Å². The molecule has 0 spiro atoms. The van der Waals surface area contributed by atoms with Crippen LogP contribution in [0.5, 0.6) is 0 Å². The molecule has 0 radical (unpaired) electrons. The van der Waals surface area contributed by atoms with E-state index in [1.165, 1.54) is 31.2 Å². The van der Waals surface area contributed by atoms with E-state index in [2.05, 4.69) is 4.72 Å². The van der Waals surface area contributed by atoms with Crippen LogP contribution in [0.15, 0.2) is 41.3 Å². The Morgan fingerprint density at radius 2 is 1.75 bits per heavy atom. The van der Waals surface area contributed by atoms with Gasteiger partial charge in [0.15, 0.2) is 0 Å². The minimum atomic E-state index is -3.95. The van der Waals surface area contributed by atoms with Crippen molar-refractivity contribution < 1.29 is 21.6 Å². The van der Waals surface area contributed by atoms with Gasteiger partial charge in [-0.2, -0.15) is 0 Å². The summed E-state index contributed by atoms with van der Waals surface area (Å²) in [6, 6.07) is 8.55. The van der Waals surface area contributed by atoms with Crippen LogP contribution in [0, 0.1) is 19.8 Å². The molecule has 10 heteroatoms. The van der Waals surface area contributed by atoms with Gasteiger partial charge in [0.1, 0.15) is 0 Å². The smallest absolute Gasteiger partial charge is 0.261 e. The molecular formula is C18H19ClN2O5S2. The zero-order chi connectivity index (χ0) is 20.9. The molecule has 1 saturated heterocycles. The van der Waals surface area contributed by atoms with Crippen molar-refractivity contribution in [1.29, 1.82) is 0 Å². The van der Waals surface area contributed by atoms with E-state index in [-0.39, 0.29) is 27.0 Å². The van der Waals surface area contributed by atoms with Gasteiger partial charge in [0.2, 0.25) is 15.9 Å². The molecule has 1 heterocycles. The normalized spacial score (nSPS) is 19.1. The van der Waals surface area contributed by atoms with Crippen LogP contribution in [0.3, 0.4) is 0 Å². The summed E-state index contributed by atoms with van der Waals surface area (Å²) >= 11 is 6.16. The number of benzene rings is 2. The Morgan fingerprint density at radius 1 is 1.14 bits per heavy atom. The first-order valence-electron chi connectivity index (χ1n) is 8.39. The third kappa shape index (κ3) is 3.74. The summed E-state index contributed by atoms with van der Waals surface area (Å²) in [5.74, 6) is -1.43. The zero-order valence-electron chi connectivity index (χ0n) is 15.4. The summed E-state index contributed by atoms with van der Waals surface area (Å²) in [6.07, 6.45) is 0. The average Bonchev–Trinajstić information content (AvgIpc) is 2.78. The highest BCUT2D eigenvalue weighted by atomic mass is 35.5. The summed E-state index contributed by atoms with van der Waals surface area (Å²) in [5, 5.41) is 0.278. The van der Waals surface area contributed by atoms with Gasteiger partial charge in [-0.1, -0.05) is 24.6 Å². The molecule has 0 bridgehead atoms. The second-order valence-electron chi connectivity index (χ2n) is 6.82. The van der Waals surface area contributed by atoms with Crippen LogP contribution in [0.2, 0.25) is 5.02 Å². The second kappa shape index (κ2) is 7.06. The number of carbonyl (C=O) groups is 1. The summed E-state index contributed by atoms with van der Waals surface area (Å²) in [6.45, 7) is 5.13. The lowest BCUT2D eigenvalue weighted by Crippen LogP contribution is -2.30. The van der Waals surface area contributed by atoms with E-state index in [4.69, 9.17) is 11.6 Å². The Balaban J connectivity index is 1.92. The molecule has 0 aromatic heterocycles. The quantitative estimate of drug-likeness (QED) is 0.784. The molecule has 2 aromatic rings. The molecular weight excluding hydrogens is 424 g/mol. The molecule has 1 atom stereocenters. The van der Waals surface area contributed by atoms with E-state index in [0.29, 0.717) is 5.56 Å². The Morgan fingerprint density at radius 3 is 2.25 bits per heavy atom. The maximum atomic E-state index is 12.7. The van der Waals surface area contributed by atoms with Crippen LogP contribution in [-0.4, -0.2) is 28.5 Å². The van der Waals surface area contributed by atoms with Gasteiger partial charge in [-0.05, 0) is 55.3 Å². The first-order valence-corrected chi connectivity index (χ1v) is 11.9. The molecule has 1 aliphatic heterocycles. The van der Waals surface area contributed by atoms with Crippen molar-refractivity contribution in [3.63, 3.8) is 0 Å². The fraction of sp³-hybridized carbons (Fsp3) is 0.278. The Kier molecular flexibility index (Phi) is 5.20. The molecule has 3 rings (SSSR count). The Bertz CT molecular complexity index is 1140. The number of nitrogens with zero attached hydrogens (tertiary/aromatic N) is 1. The predicted octanol–water partition coefficient (Wildman–Crippen LogP) is 3.07. The number of anilines is 2. The van der Waals surface area contributed by atoms with Gasteiger partial charge in [-0.3, -0.25) is 9.52 Å². The van der Waals surface area contributed by atoms with Crippen molar-refractivity contribution in [2.75, 3.05) is 14.8 Å². The Hall–Kier alpha value is -2.10. The van der Waals surface area contributed by atoms with Gasteiger partial charge in [0.05, 0.1) is 33.0 Å². The van der Waals surface area contributed by atoms with E-state index in [1.807, 2.05) is 6.92 Å². The molecule has 2 aromatic carbocycles. The monoisotopic (exact) mass is 442 g/mol. The molecule has 1 unspecified atom stereocenters. The van der Waals surface area contributed by atoms with E-state index in [9.17, 15) is 21.6 Å². The zero-order valence-corrected chi connectivity index (χ0v) is 17.8. The van der Waals surface area contributed by atoms with Crippen molar-refractivity contribution in [1.82, 2.24) is 0 Å².